The highest BCUT2D eigenvalue weighted by Gasteiger charge is 2.77. The van der Waals surface area contributed by atoms with Crippen molar-refractivity contribution in [3.05, 3.63) is 83.6 Å². The summed E-state index contributed by atoms with van der Waals surface area (Å²) in [4.78, 5) is 0.765. The second-order valence-electron chi connectivity index (χ2n) is 8.82. The van der Waals surface area contributed by atoms with Gasteiger partial charge in [0.2, 0.25) is 16.8 Å². The maximum Gasteiger partial charge on any atom is 0.412 e. The Kier molecular flexibility index (Phi) is 5.66. The first-order valence-electron chi connectivity index (χ1n) is 10.6. The quantitative estimate of drug-likeness (QED) is 0.301. The molecular formula is C25H20F9N2+. The van der Waals surface area contributed by atoms with Crippen molar-refractivity contribution in [3.63, 3.8) is 0 Å². The molecule has 36 heavy (non-hydrogen) atoms. The summed E-state index contributed by atoms with van der Waals surface area (Å²) >= 11 is 0. The fraction of sp³-hybridized carbons (Fsp3) is 0.320. The molecule has 2 aromatic rings. The standard InChI is InChI=1S/C25H20F9N2/c1-21(23(26,27)28)15-9-4-6-11-17(15)35(2)19(21)13-8-14-20-22(24(29,30)31,25(32,33)34)16-10-5-7-12-18(16)36(20)3/h4-14H,1-3H3/q+1. The number of hydrogen-bond acceptors (Lipinski definition) is 1. The maximum atomic E-state index is 14.3. The van der Waals surface area contributed by atoms with Crippen molar-refractivity contribution in [2.24, 2.45) is 0 Å². The summed E-state index contributed by atoms with van der Waals surface area (Å²) in [5.74, 6) is 0. The fourth-order valence-electron chi connectivity index (χ4n) is 5.19. The Morgan fingerprint density at radius 1 is 0.778 bits per heavy atom. The van der Waals surface area contributed by atoms with Crippen LogP contribution >= 0.6 is 0 Å². The van der Waals surface area contributed by atoms with Crippen LogP contribution in [-0.2, 0) is 10.8 Å². The van der Waals surface area contributed by atoms with E-state index in [1.807, 2.05) is 0 Å². The Hall–Kier alpha value is -3.24. The highest BCUT2D eigenvalue weighted by Crippen LogP contribution is 2.62. The van der Waals surface area contributed by atoms with Gasteiger partial charge in [-0.3, -0.25) is 0 Å². The van der Waals surface area contributed by atoms with Gasteiger partial charge >= 0.3 is 18.5 Å². The molecule has 0 radical (unpaired) electrons. The summed E-state index contributed by atoms with van der Waals surface area (Å²) in [5, 5.41) is 0. The first-order chi connectivity index (χ1) is 16.5. The van der Waals surface area contributed by atoms with Crippen LogP contribution in [0.5, 0.6) is 0 Å². The van der Waals surface area contributed by atoms with Crippen molar-refractivity contribution < 1.29 is 44.1 Å². The third kappa shape index (κ3) is 3.24. The van der Waals surface area contributed by atoms with E-state index in [0.29, 0.717) is 6.08 Å². The minimum Gasteiger partial charge on any atom is -0.346 e. The molecule has 2 aliphatic heterocycles. The summed E-state index contributed by atoms with van der Waals surface area (Å²) < 4.78 is 130. The molecule has 0 saturated heterocycles. The molecule has 2 aromatic carbocycles. The Balaban J connectivity index is 1.92. The van der Waals surface area contributed by atoms with Crippen molar-refractivity contribution in [1.82, 2.24) is 0 Å². The van der Waals surface area contributed by atoms with Gasteiger partial charge in [0.05, 0.1) is 0 Å². The monoisotopic (exact) mass is 519 g/mol. The minimum atomic E-state index is -5.78. The van der Waals surface area contributed by atoms with Gasteiger partial charge in [0.15, 0.2) is 5.41 Å². The zero-order valence-electron chi connectivity index (χ0n) is 19.1. The predicted molar refractivity (Wildman–Crippen MR) is 117 cm³/mol. The number of benzene rings is 2. The van der Waals surface area contributed by atoms with Gasteiger partial charge in [-0.2, -0.15) is 44.1 Å². The van der Waals surface area contributed by atoms with Gasteiger partial charge in [0, 0.05) is 41.7 Å². The van der Waals surface area contributed by atoms with Gasteiger partial charge in [-0.25, -0.2) is 0 Å². The van der Waals surface area contributed by atoms with Crippen LogP contribution < -0.4 is 4.90 Å². The molecule has 0 aromatic heterocycles. The topological polar surface area (TPSA) is 6.25 Å². The van der Waals surface area contributed by atoms with Crippen LogP contribution in [0.15, 0.2) is 72.5 Å². The lowest BCUT2D eigenvalue weighted by molar-refractivity contribution is -0.402. The molecule has 0 aliphatic carbocycles. The minimum absolute atomic E-state index is 0.0716. The number of hydrogen-bond donors (Lipinski definition) is 0. The Morgan fingerprint density at radius 3 is 1.86 bits per heavy atom. The zero-order valence-corrected chi connectivity index (χ0v) is 19.1. The summed E-state index contributed by atoms with van der Waals surface area (Å²) in [6.45, 7) is 0.926. The molecule has 0 amide bonds. The summed E-state index contributed by atoms with van der Waals surface area (Å²) in [6, 6.07) is 9.98. The average molecular weight is 519 g/mol. The molecule has 0 N–H and O–H groups in total. The lowest BCUT2D eigenvalue weighted by Crippen LogP contribution is -2.54. The van der Waals surface area contributed by atoms with Crippen LogP contribution in [0.25, 0.3) is 0 Å². The Bertz CT molecular complexity index is 1280. The number of halogens is 9. The number of allylic oxidation sites excluding steroid dienone is 4. The second kappa shape index (κ2) is 7.88. The molecule has 2 aliphatic rings. The van der Waals surface area contributed by atoms with Gasteiger partial charge in [-0.1, -0.05) is 42.5 Å². The molecule has 0 saturated carbocycles. The van der Waals surface area contributed by atoms with Gasteiger partial charge < -0.3 is 4.90 Å². The molecule has 0 bridgehead atoms. The molecule has 2 nitrogen and oxygen atoms in total. The number of para-hydroxylation sites is 2. The largest absolute Gasteiger partial charge is 0.412 e. The van der Waals surface area contributed by atoms with E-state index >= 15 is 0 Å². The molecule has 11 heteroatoms. The lowest BCUT2D eigenvalue weighted by Gasteiger charge is -2.36. The van der Waals surface area contributed by atoms with Crippen LogP contribution in [0, 0.1) is 0 Å². The Labute approximate surface area is 200 Å². The second-order valence-corrected chi connectivity index (χ2v) is 8.82. The van der Waals surface area contributed by atoms with Crippen LogP contribution in [0.1, 0.15) is 18.1 Å². The van der Waals surface area contributed by atoms with Crippen molar-refractivity contribution in [2.75, 3.05) is 19.0 Å². The molecule has 0 fully saturated rings. The van der Waals surface area contributed by atoms with E-state index in [1.54, 1.807) is 0 Å². The first-order valence-corrected chi connectivity index (χ1v) is 10.6. The van der Waals surface area contributed by atoms with E-state index in [4.69, 9.17) is 0 Å². The smallest absolute Gasteiger partial charge is 0.346 e. The lowest BCUT2D eigenvalue weighted by atomic mass is 9.77. The SMILES string of the molecule is CN1C(=CC=CC2=[N+](C)c3ccccc3C2(C)C(F)(F)F)C(C(F)(F)F)(C(F)(F)F)c2ccccc21. The third-order valence-corrected chi connectivity index (χ3v) is 7.02. The van der Waals surface area contributed by atoms with Gasteiger partial charge in [0.1, 0.15) is 7.05 Å². The van der Waals surface area contributed by atoms with E-state index in [0.717, 1.165) is 49.2 Å². The van der Waals surface area contributed by atoms with Crippen molar-refractivity contribution in [1.29, 1.82) is 0 Å². The van der Waals surface area contributed by atoms with Crippen molar-refractivity contribution in [3.8, 4) is 0 Å². The van der Waals surface area contributed by atoms with E-state index in [1.165, 1.54) is 42.0 Å². The number of anilines is 1. The van der Waals surface area contributed by atoms with E-state index < -0.39 is 40.6 Å². The normalized spacial score (nSPS) is 23.1. The first kappa shape index (κ1) is 25.8. The van der Waals surface area contributed by atoms with Gasteiger partial charge in [0.25, 0.3) is 0 Å². The molecule has 0 spiro atoms. The number of fused-ring (bicyclic) bond motifs is 2. The van der Waals surface area contributed by atoms with E-state index in [9.17, 15) is 39.5 Å². The van der Waals surface area contributed by atoms with Crippen LogP contribution in [0.2, 0.25) is 0 Å². The number of nitrogens with zero attached hydrogens (tertiary/aromatic N) is 2. The van der Waals surface area contributed by atoms with Crippen LogP contribution in [0.4, 0.5) is 50.9 Å². The predicted octanol–water partition coefficient (Wildman–Crippen LogP) is 7.19. The highest BCUT2D eigenvalue weighted by atomic mass is 19.4. The van der Waals surface area contributed by atoms with Gasteiger partial charge in [-0.05, 0) is 19.1 Å². The zero-order chi connectivity index (χ0) is 26.9. The van der Waals surface area contributed by atoms with Crippen molar-refractivity contribution in [2.45, 2.75) is 36.3 Å². The molecule has 1 unspecified atom stereocenters. The highest BCUT2D eigenvalue weighted by molar-refractivity contribution is 6.04. The average Bonchev–Trinajstić information content (AvgIpc) is 3.16. The molecular weight excluding hydrogens is 499 g/mol. The number of alkyl halides is 9. The van der Waals surface area contributed by atoms with E-state index in [-0.39, 0.29) is 22.6 Å². The third-order valence-electron chi connectivity index (χ3n) is 7.02. The molecule has 2 heterocycles. The summed E-state index contributed by atoms with van der Waals surface area (Å²) in [6.07, 6.45) is -14.0. The van der Waals surface area contributed by atoms with Crippen LogP contribution in [0.3, 0.4) is 0 Å². The van der Waals surface area contributed by atoms with Crippen LogP contribution in [-0.4, -0.2) is 42.9 Å². The van der Waals surface area contributed by atoms with Crippen molar-refractivity contribution >= 4 is 17.1 Å². The Morgan fingerprint density at radius 2 is 1.31 bits per heavy atom. The number of rotatable bonds is 2. The molecule has 192 valence electrons. The molecule has 4 rings (SSSR count). The van der Waals surface area contributed by atoms with E-state index in [2.05, 4.69) is 0 Å². The molecule has 1 atom stereocenters. The summed E-state index contributed by atoms with van der Waals surface area (Å²) in [7, 11) is 2.41. The maximum absolute atomic E-state index is 14.3. The fourth-order valence-corrected chi connectivity index (χ4v) is 5.19. The summed E-state index contributed by atoms with van der Waals surface area (Å²) in [5.41, 5.74) is -9.51. The number of likely N-dealkylation sites (N-methyl/N-ethyl adjacent to an activating group) is 1. The van der Waals surface area contributed by atoms with Gasteiger partial charge in [-0.15, -0.1) is 0 Å².